The topological polar surface area (TPSA) is 40.9 Å². The summed E-state index contributed by atoms with van der Waals surface area (Å²) < 4.78 is 13.0. The van der Waals surface area contributed by atoms with Gasteiger partial charge in [-0.2, -0.15) is 5.26 Å². The Morgan fingerprint density at radius 1 is 1.53 bits per heavy atom. The molecular formula is C12H10FNO. The summed E-state index contributed by atoms with van der Waals surface area (Å²) in [5.74, 6) is -0.499. The van der Waals surface area contributed by atoms with Gasteiger partial charge in [0.15, 0.2) is 5.78 Å². The zero-order chi connectivity index (χ0) is 11.1. The van der Waals surface area contributed by atoms with Crippen LogP contribution in [-0.4, -0.2) is 5.78 Å². The van der Waals surface area contributed by atoms with E-state index in [1.807, 2.05) is 6.07 Å². The molecular weight excluding hydrogens is 193 g/mol. The molecule has 0 amide bonds. The lowest BCUT2D eigenvalue weighted by Gasteiger charge is -2.05. The molecule has 1 aromatic carbocycles. The van der Waals surface area contributed by atoms with Crippen LogP contribution in [0.4, 0.5) is 4.39 Å². The van der Waals surface area contributed by atoms with Gasteiger partial charge in [-0.25, -0.2) is 4.39 Å². The number of carbonyl (C=O) groups is 1. The van der Waals surface area contributed by atoms with E-state index in [1.54, 1.807) is 6.92 Å². The Morgan fingerprint density at radius 3 is 2.67 bits per heavy atom. The highest BCUT2D eigenvalue weighted by atomic mass is 19.1. The van der Waals surface area contributed by atoms with Crippen LogP contribution in [0, 0.1) is 29.5 Å². The molecule has 0 N–H and O–H groups in total. The molecule has 3 heteroatoms. The largest absolute Gasteiger partial charge is 0.292 e. The minimum absolute atomic E-state index is 0.173. The van der Waals surface area contributed by atoms with E-state index in [9.17, 15) is 9.18 Å². The molecule has 0 aromatic heterocycles. The molecule has 0 atom stereocenters. The van der Waals surface area contributed by atoms with Crippen molar-refractivity contribution in [2.75, 3.05) is 0 Å². The molecule has 0 bridgehead atoms. The van der Waals surface area contributed by atoms with Crippen LogP contribution in [0.2, 0.25) is 0 Å². The number of rotatable bonds is 2. The Morgan fingerprint density at radius 2 is 2.20 bits per heavy atom. The summed E-state index contributed by atoms with van der Waals surface area (Å²) in [5.41, 5.74) is 0.0621. The number of nitriles is 1. The van der Waals surface area contributed by atoms with Gasteiger partial charge in [0.2, 0.25) is 0 Å². The number of Topliss-reactive ketones (excluding diaryl/α,β-unsaturated/α-hetero) is 1. The summed E-state index contributed by atoms with van der Waals surface area (Å²) in [6, 6.07) is 6.27. The van der Waals surface area contributed by atoms with Crippen molar-refractivity contribution in [2.45, 2.75) is 19.8 Å². The zero-order valence-electron chi connectivity index (χ0n) is 8.38. The van der Waals surface area contributed by atoms with Crippen LogP contribution < -0.4 is 0 Å². The van der Waals surface area contributed by atoms with Gasteiger partial charge >= 0.3 is 0 Å². The van der Waals surface area contributed by atoms with Crippen LogP contribution >= 0.6 is 0 Å². The third kappa shape index (κ3) is 1.52. The lowest BCUT2D eigenvalue weighted by Crippen LogP contribution is -2.14. The second kappa shape index (κ2) is 3.16. The van der Waals surface area contributed by atoms with Crippen molar-refractivity contribution in [3.63, 3.8) is 0 Å². The van der Waals surface area contributed by atoms with E-state index >= 15 is 0 Å². The van der Waals surface area contributed by atoms with Gasteiger partial charge in [0, 0.05) is 5.56 Å². The van der Waals surface area contributed by atoms with Crippen molar-refractivity contribution in [1.29, 1.82) is 5.26 Å². The van der Waals surface area contributed by atoms with Gasteiger partial charge in [0.25, 0.3) is 0 Å². The molecule has 0 radical (unpaired) electrons. The second-order valence-corrected chi connectivity index (χ2v) is 3.99. The average Bonchev–Trinajstić information content (AvgIpc) is 3.02. The van der Waals surface area contributed by atoms with Gasteiger partial charge in [-0.15, -0.1) is 0 Å². The predicted octanol–water partition coefficient (Wildman–Crippen LogP) is 2.62. The summed E-state index contributed by atoms with van der Waals surface area (Å²) in [7, 11) is 0. The first-order valence-electron chi connectivity index (χ1n) is 4.81. The highest BCUT2D eigenvalue weighted by Gasteiger charge is 2.50. The Labute approximate surface area is 87.3 Å². The van der Waals surface area contributed by atoms with E-state index in [2.05, 4.69) is 0 Å². The van der Waals surface area contributed by atoms with Crippen molar-refractivity contribution in [2.24, 2.45) is 5.41 Å². The first-order chi connectivity index (χ1) is 7.09. The minimum atomic E-state index is -0.815. The number of benzene rings is 1. The van der Waals surface area contributed by atoms with Crippen LogP contribution in [0.1, 0.15) is 28.8 Å². The number of hydrogen-bond acceptors (Lipinski definition) is 2. The van der Waals surface area contributed by atoms with Gasteiger partial charge in [-0.1, -0.05) is 0 Å². The Kier molecular flexibility index (Phi) is 2.08. The molecule has 2 nitrogen and oxygen atoms in total. The molecule has 0 spiro atoms. The van der Waals surface area contributed by atoms with Crippen LogP contribution in [-0.2, 0) is 0 Å². The van der Waals surface area contributed by atoms with E-state index in [0.717, 1.165) is 0 Å². The highest BCUT2D eigenvalue weighted by Crippen LogP contribution is 2.47. The number of nitrogens with zero attached hydrogens (tertiary/aromatic N) is 1. The minimum Gasteiger partial charge on any atom is -0.292 e. The smallest absolute Gasteiger partial charge is 0.183 e. The molecule has 1 aliphatic rings. The Balaban J connectivity index is 2.36. The second-order valence-electron chi connectivity index (χ2n) is 3.99. The average molecular weight is 203 g/mol. The van der Waals surface area contributed by atoms with E-state index in [4.69, 9.17) is 5.26 Å². The summed E-state index contributed by atoms with van der Waals surface area (Å²) in [6.07, 6.45) is 1.25. The lowest BCUT2D eigenvalue weighted by molar-refractivity contribution is 0.0934. The molecule has 76 valence electrons. The van der Waals surface area contributed by atoms with Crippen molar-refractivity contribution in [1.82, 2.24) is 0 Å². The molecule has 1 aromatic rings. The summed E-state index contributed by atoms with van der Waals surface area (Å²) in [4.78, 5) is 11.9. The fraction of sp³-hybridized carbons (Fsp3) is 0.333. The van der Waals surface area contributed by atoms with Gasteiger partial charge in [0.05, 0.1) is 6.07 Å². The quantitative estimate of drug-likeness (QED) is 0.693. The molecule has 15 heavy (non-hydrogen) atoms. The molecule has 2 rings (SSSR count). The number of hydrogen-bond donors (Lipinski definition) is 0. The van der Waals surface area contributed by atoms with Crippen LogP contribution in [0.3, 0.4) is 0 Å². The van der Waals surface area contributed by atoms with Gasteiger partial charge in [-0.05, 0) is 43.5 Å². The summed E-state index contributed by atoms with van der Waals surface area (Å²) in [5, 5.41) is 8.87. The van der Waals surface area contributed by atoms with Crippen molar-refractivity contribution in [3.05, 3.63) is 35.1 Å². The van der Waals surface area contributed by atoms with Crippen molar-refractivity contribution in [3.8, 4) is 6.07 Å². The summed E-state index contributed by atoms with van der Waals surface area (Å²) in [6.45, 7) is 1.61. The molecule has 1 saturated carbocycles. The van der Waals surface area contributed by atoms with Gasteiger partial charge in [0.1, 0.15) is 11.2 Å². The Bertz CT molecular complexity index is 469. The fourth-order valence-electron chi connectivity index (χ4n) is 1.58. The van der Waals surface area contributed by atoms with Gasteiger partial charge < -0.3 is 0 Å². The zero-order valence-corrected chi connectivity index (χ0v) is 8.38. The van der Waals surface area contributed by atoms with E-state index in [0.29, 0.717) is 24.0 Å². The third-order valence-electron chi connectivity index (χ3n) is 2.82. The fourth-order valence-corrected chi connectivity index (χ4v) is 1.58. The highest BCUT2D eigenvalue weighted by molar-refractivity contribution is 6.04. The van der Waals surface area contributed by atoms with Crippen molar-refractivity contribution >= 4 is 5.78 Å². The van der Waals surface area contributed by atoms with Crippen molar-refractivity contribution < 1.29 is 9.18 Å². The number of halogens is 1. The number of carbonyl (C=O) groups excluding carboxylic acids is 1. The number of ketones is 1. The SMILES string of the molecule is Cc1cc(C(=O)C2(C#N)CC2)ccc1F. The molecule has 1 aliphatic carbocycles. The molecule has 0 saturated heterocycles. The monoisotopic (exact) mass is 203 g/mol. The maximum atomic E-state index is 13.0. The maximum absolute atomic E-state index is 13.0. The molecule has 0 aliphatic heterocycles. The van der Waals surface area contributed by atoms with E-state index < -0.39 is 5.41 Å². The standard InChI is InChI=1S/C12H10FNO/c1-8-6-9(2-3-10(8)13)11(15)12(7-14)4-5-12/h2-3,6H,4-5H2,1H3. The first-order valence-corrected chi connectivity index (χ1v) is 4.81. The normalized spacial score (nSPS) is 16.9. The molecule has 0 unspecified atom stereocenters. The first kappa shape index (κ1) is 9.85. The van der Waals surface area contributed by atoms with E-state index in [1.165, 1.54) is 18.2 Å². The lowest BCUT2D eigenvalue weighted by atomic mass is 9.95. The van der Waals surface area contributed by atoms with E-state index in [-0.39, 0.29) is 11.6 Å². The van der Waals surface area contributed by atoms with Crippen LogP contribution in [0.5, 0.6) is 0 Å². The molecule has 1 fully saturated rings. The maximum Gasteiger partial charge on any atom is 0.183 e. The van der Waals surface area contributed by atoms with Crippen LogP contribution in [0.25, 0.3) is 0 Å². The molecule has 0 heterocycles. The number of aryl methyl sites for hydroxylation is 1. The Hall–Kier alpha value is -1.69. The predicted molar refractivity (Wildman–Crippen MR) is 52.7 cm³/mol. The van der Waals surface area contributed by atoms with Gasteiger partial charge in [-0.3, -0.25) is 4.79 Å². The van der Waals surface area contributed by atoms with Crippen LogP contribution in [0.15, 0.2) is 18.2 Å². The summed E-state index contributed by atoms with van der Waals surface area (Å²) >= 11 is 0. The third-order valence-corrected chi connectivity index (χ3v) is 2.82.